The number of hydrogen-bond acceptors (Lipinski definition) is 4. The van der Waals surface area contributed by atoms with Crippen LogP contribution in [-0.4, -0.2) is 22.8 Å². The lowest BCUT2D eigenvalue weighted by Crippen LogP contribution is -2.00. The minimum atomic E-state index is -0.933. The van der Waals surface area contributed by atoms with E-state index in [2.05, 4.69) is 5.16 Å². The summed E-state index contributed by atoms with van der Waals surface area (Å²) in [5, 5.41) is 12.8. The molecule has 0 saturated heterocycles. The maximum atomic E-state index is 10.9. The lowest BCUT2D eigenvalue weighted by molar-refractivity contribution is 0.0696. The summed E-state index contributed by atoms with van der Waals surface area (Å²) in [5.74, 6) is 0.645. The van der Waals surface area contributed by atoms with Gasteiger partial charge in [0.15, 0.2) is 0 Å². The van der Waals surface area contributed by atoms with Gasteiger partial charge in [0, 0.05) is 12.5 Å². The molecule has 0 aliphatic carbocycles. The van der Waals surface area contributed by atoms with Crippen molar-refractivity contribution in [2.75, 3.05) is 6.61 Å². The van der Waals surface area contributed by atoms with Crippen molar-refractivity contribution in [1.82, 2.24) is 5.16 Å². The number of carboxylic acid groups (broad SMARTS) is 1. The third kappa shape index (κ3) is 6.14. The number of carboxylic acids is 1. The zero-order valence-corrected chi connectivity index (χ0v) is 13.5. The minimum absolute atomic E-state index is 0.255. The molecule has 0 aliphatic rings. The molecule has 0 spiro atoms. The first kappa shape index (κ1) is 17.1. The standard InChI is InChI=1S/C18H23NO4/c1-14-12-17(23-19-14)9-5-3-2-4-6-11-22-16-10-7-8-15(13-16)18(20)21/h7-8,10,12-13H,2-6,9,11H2,1H3,(H,20,21). The smallest absolute Gasteiger partial charge is 0.335 e. The summed E-state index contributed by atoms with van der Waals surface area (Å²) in [4.78, 5) is 10.9. The average molecular weight is 317 g/mol. The Balaban J connectivity index is 1.52. The van der Waals surface area contributed by atoms with E-state index in [1.807, 2.05) is 13.0 Å². The second-order valence-electron chi connectivity index (χ2n) is 5.63. The van der Waals surface area contributed by atoms with E-state index >= 15 is 0 Å². The van der Waals surface area contributed by atoms with Gasteiger partial charge in [-0.2, -0.15) is 0 Å². The fourth-order valence-corrected chi connectivity index (χ4v) is 2.37. The fraction of sp³-hybridized carbons (Fsp3) is 0.444. The van der Waals surface area contributed by atoms with Crippen LogP contribution in [0.25, 0.3) is 0 Å². The van der Waals surface area contributed by atoms with Crippen molar-refractivity contribution in [2.45, 2.75) is 45.4 Å². The Morgan fingerprint density at radius 2 is 1.96 bits per heavy atom. The van der Waals surface area contributed by atoms with Gasteiger partial charge in [-0.1, -0.05) is 30.5 Å². The summed E-state index contributed by atoms with van der Waals surface area (Å²) in [6.45, 7) is 2.55. The summed E-state index contributed by atoms with van der Waals surface area (Å²) >= 11 is 0. The first-order valence-electron chi connectivity index (χ1n) is 8.03. The molecule has 2 rings (SSSR count). The van der Waals surface area contributed by atoms with Gasteiger partial charge >= 0.3 is 5.97 Å². The molecule has 0 aliphatic heterocycles. The van der Waals surface area contributed by atoms with Gasteiger partial charge in [0.2, 0.25) is 0 Å². The molecule has 0 atom stereocenters. The van der Waals surface area contributed by atoms with Crippen LogP contribution in [0.4, 0.5) is 0 Å². The van der Waals surface area contributed by atoms with Crippen LogP contribution in [-0.2, 0) is 6.42 Å². The van der Waals surface area contributed by atoms with Crippen molar-refractivity contribution in [3.05, 3.63) is 47.3 Å². The Labute approximate surface area is 136 Å². The number of carbonyl (C=O) groups is 1. The second-order valence-corrected chi connectivity index (χ2v) is 5.63. The Kier molecular flexibility index (Phi) is 6.66. The molecule has 0 fully saturated rings. The van der Waals surface area contributed by atoms with E-state index in [-0.39, 0.29) is 5.56 Å². The van der Waals surface area contributed by atoms with Crippen LogP contribution in [0.5, 0.6) is 5.75 Å². The largest absolute Gasteiger partial charge is 0.494 e. The molecule has 1 aromatic carbocycles. The normalized spacial score (nSPS) is 10.7. The SMILES string of the molecule is Cc1cc(CCCCCCCOc2cccc(C(=O)O)c2)on1. The predicted octanol–water partition coefficient (Wildman–Crippen LogP) is 4.25. The van der Waals surface area contributed by atoms with Gasteiger partial charge in [0.05, 0.1) is 17.9 Å². The number of unbranched alkanes of at least 4 members (excludes halogenated alkanes) is 4. The third-order valence-corrected chi connectivity index (χ3v) is 3.59. The summed E-state index contributed by atoms with van der Waals surface area (Å²) < 4.78 is 10.8. The van der Waals surface area contributed by atoms with Crippen LogP contribution in [0.15, 0.2) is 34.9 Å². The molecule has 5 heteroatoms. The van der Waals surface area contributed by atoms with E-state index < -0.39 is 5.97 Å². The van der Waals surface area contributed by atoms with Crippen molar-refractivity contribution < 1.29 is 19.2 Å². The highest BCUT2D eigenvalue weighted by Crippen LogP contribution is 2.14. The topological polar surface area (TPSA) is 72.6 Å². The van der Waals surface area contributed by atoms with Crippen LogP contribution >= 0.6 is 0 Å². The zero-order chi connectivity index (χ0) is 16.5. The van der Waals surface area contributed by atoms with E-state index in [0.29, 0.717) is 12.4 Å². The molecule has 0 amide bonds. The Morgan fingerprint density at radius 1 is 1.17 bits per heavy atom. The first-order valence-corrected chi connectivity index (χ1v) is 8.03. The number of aromatic nitrogens is 1. The molecule has 124 valence electrons. The van der Waals surface area contributed by atoms with Gasteiger partial charge in [-0.15, -0.1) is 0 Å². The van der Waals surface area contributed by atoms with Gasteiger partial charge in [-0.3, -0.25) is 0 Å². The third-order valence-electron chi connectivity index (χ3n) is 3.59. The molecule has 5 nitrogen and oxygen atoms in total. The highest BCUT2D eigenvalue weighted by molar-refractivity contribution is 5.87. The number of nitrogens with zero attached hydrogens (tertiary/aromatic N) is 1. The summed E-state index contributed by atoms with van der Waals surface area (Å²) in [6, 6.07) is 8.59. The number of aryl methyl sites for hydroxylation is 2. The molecular formula is C18H23NO4. The Morgan fingerprint density at radius 3 is 2.70 bits per heavy atom. The van der Waals surface area contributed by atoms with Crippen molar-refractivity contribution in [1.29, 1.82) is 0 Å². The number of aromatic carboxylic acids is 1. The summed E-state index contributed by atoms with van der Waals surface area (Å²) in [7, 11) is 0. The van der Waals surface area contributed by atoms with Crippen molar-refractivity contribution in [3.63, 3.8) is 0 Å². The Bertz CT molecular complexity index is 621. The summed E-state index contributed by atoms with van der Waals surface area (Å²) in [5.41, 5.74) is 1.19. The van der Waals surface area contributed by atoms with Crippen LogP contribution in [0.1, 0.15) is 53.9 Å². The highest BCUT2D eigenvalue weighted by atomic mass is 16.5. The van der Waals surface area contributed by atoms with Crippen molar-refractivity contribution in [3.8, 4) is 5.75 Å². The molecule has 0 unspecified atom stereocenters. The van der Waals surface area contributed by atoms with Gasteiger partial charge in [-0.05, 0) is 38.0 Å². The number of benzene rings is 1. The van der Waals surface area contributed by atoms with Crippen LogP contribution < -0.4 is 4.74 Å². The summed E-state index contributed by atoms with van der Waals surface area (Å²) in [6.07, 6.45) is 6.45. The maximum Gasteiger partial charge on any atom is 0.335 e. The van der Waals surface area contributed by atoms with Crippen LogP contribution in [0.3, 0.4) is 0 Å². The number of ether oxygens (including phenoxy) is 1. The van der Waals surface area contributed by atoms with E-state index in [1.54, 1.807) is 24.3 Å². The predicted molar refractivity (Wildman–Crippen MR) is 86.9 cm³/mol. The quantitative estimate of drug-likeness (QED) is 0.663. The van der Waals surface area contributed by atoms with Crippen LogP contribution in [0, 0.1) is 6.92 Å². The van der Waals surface area contributed by atoms with Gasteiger partial charge in [-0.25, -0.2) is 4.79 Å². The van der Waals surface area contributed by atoms with E-state index in [9.17, 15) is 4.79 Å². The van der Waals surface area contributed by atoms with Gasteiger partial charge in [0.25, 0.3) is 0 Å². The molecule has 1 aromatic heterocycles. The van der Waals surface area contributed by atoms with Gasteiger partial charge < -0.3 is 14.4 Å². The monoisotopic (exact) mass is 317 g/mol. The van der Waals surface area contributed by atoms with Crippen molar-refractivity contribution >= 4 is 5.97 Å². The fourth-order valence-electron chi connectivity index (χ4n) is 2.37. The van der Waals surface area contributed by atoms with Gasteiger partial charge in [0.1, 0.15) is 11.5 Å². The lowest BCUT2D eigenvalue weighted by atomic mass is 10.1. The highest BCUT2D eigenvalue weighted by Gasteiger charge is 2.03. The molecule has 0 radical (unpaired) electrons. The van der Waals surface area contributed by atoms with E-state index in [4.69, 9.17) is 14.4 Å². The number of rotatable bonds is 10. The van der Waals surface area contributed by atoms with Crippen LogP contribution in [0.2, 0.25) is 0 Å². The van der Waals surface area contributed by atoms with E-state index in [1.165, 1.54) is 0 Å². The minimum Gasteiger partial charge on any atom is -0.494 e. The molecular weight excluding hydrogens is 294 g/mol. The van der Waals surface area contributed by atoms with E-state index in [0.717, 1.165) is 50.0 Å². The molecule has 2 aromatic rings. The zero-order valence-electron chi connectivity index (χ0n) is 13.5. The van der Waals surface area contributed by atoms with Crippen molar-refractivity contribution in [2.24, 2.45) is 0 Å². The molecule has 0 bridgehead atoms. The maximum absolute atomic E-state index is 10.9. The molecule has 0 saturated carbocycles. The average Bonchev–Trinajstić information content (AvgIpc) is 2.95. The second kappa shape index (κ2) is 8.98. The molecule has 23 heavy (non-hydrogen) atoms. The molecule has 1 N–H and O–H groups in total. The number of hydrogen-bond donors (Lipinski definition) is 1. The lowest BCUT2D eigenvalue weighted by Gasteiger charge is -2.06. The first-order chi connectivity index (χ1) is 11.1. The molecule has 1 heterocycles. The Hall–Kier alpha value is -2.30.